The van der Waals surface area contributed by atoms with Crippen LogP contribution in [0.2, 0.25) is 0 Å². The lowest BCUT2D eigenvalue weighted by atomic mass is 10.1. The van der Waals surface area contributed by atoms with Gasteiger partial charge in [-0.2, -0.15) is 0 Å². The molecular formula is C14H20N4O2. The van der Waals surface area contributed by atoms with Crippen molar-refractivity contribution in [2.75, 3.05) is 19.0 Å². The number of nitrogens with zero attached hydrogens (tertiary/aromatic N) is 2. The third kappa shape index (κ3) is 3.79. The van der Waals surface area contributed by atoms with Crippen molar-refractivity contribution in [3.63, 3.8) is 0 Å². The minimum Gasteiger partial charge on any atom is -0.406 e. The first-order valence-electron chi connectivity index (χ1n) is 6.70. The van der Waals surface area contributed by atoms with E-state index in [0.29, 0.717) is 11.9 Å². The van der Waals surface area contributed by atoms with Crippen molar-refractivity contribution in [3.8, 4) is 0 Å². The fraction of sp³-hybridized carbons (Fsp3) is 0.429. The van der Waals surface area contributed by atoms with E-state index < -0.39 is 0 Å². The second-order valence-corrected chi connectivity index (χ2v) is 4.61. The first-order valence-corrected chi connectivity index (χ1v) is 6.70. The molecule has 1 unspecified atom stereocenters. The van der Waals surface area contributed by atoms with Crippen molar-refractivity contribution in [2.45, 2.75) is 25.8 Å². The topological polar surface area (TPSA) is 83.2 Å². The van der Waals surface area contributed by atoms with Gasteiger partial charge in [-0.3, -0.25) is 0 Å². The fourth-order valence-electron chi connectivity index (χ4n) is 1.79. The zero-order chi connectivity index (χ0) is 14.4. The molecule has 0 bridgehead atoms. The lowest BCUT2D eigenvalue weighted by molar-refractivity contribution is 0.288. The van der Waals surface area contributed by atoms with Gasteiger partial charge in [0.25, 0.3) is 0 Å². The summed E-state index contributed by atoms with van der Waals surface area (Å²) in [5.41, 5.74) is 2.06. The van der Waals surface area contributed by atoms with E-state index >= 15 is 0 Å². The molecule has 6 heteroatoms. The van der Waals surface area contributed by atoms with Crippen molar-refractivity contribution in [1.29, 1.82) is 0 Å². The average Bonchev–Trinajstić information content (AvgIpc) is 2.93. The standard InChI is InChI=1S/C14H20N4O2/c1-10(15-2)13-17-18-14(20-13)16-12-7-3-5-11(9-12)6-4-8-19/h3,5,7,9-10,15,19H,4,6,8H2,1-2H3,(H,16,18). The van der Waals surface area contributed by atoms with Crippen LogP contribution in [-0.4, -0.2) is 29.0 Å². The van der Waals surface area contributed by atoms with Crippen LogP contribution in [0.4, 0.5) is 11.7 Å². The highest BCUT2D eigenvalue weighted by Crippen LogP contribution is 2.19. The Balaban J connectivity index is 2.04. The molecule has 0 saturated heterocycles. The summed E-state index contributed by atoms with van der Waals surface area (Å²) in [5.74, 6) is 0.548. The highest BCUT2D eigenvalue weighted by molar-refractivity contribution is 5.53. The summed E-state index contributed by atoms with van der Waals surface area (Å²) in [4.78, 5) is 0. The summed E-state index contributed by atoms with van der Waals surface area (Å²) in [6, 6.07) is 8.34. The average molecular weight is 276 g/mol. The second kappa shape index (κ2) is 7.02. The molecule has 0 aliphatic rings. The minimum absolute atomic E-state index is 0.0222. The number of hydrogen-bond donors (Lipinski definition) is 3. The van der Waals surface area contributed by atoms with Crippen LogP contribution >= 0.6 is 0 Å². The van der Waals surface area contributed by atoms with Gasteiger partial charge in [-0.05, 0) is 44.5 Å². The SMILES string of the molecule is CNC(C)c1nnc(Nc2cccc(CCCO)c2)o1. The van der Waals surface area contributed by atoms with Gasteiger partial charge in [0.05, 0.1) is 6.04 Å². The molecule has 0 amide bonds. The van der Waals surface area contributed by atoms with Crippen LogP contribution in [0, 0.1) is 0 Å². The molecule has 20 heavy (non-hydrogen) atoms. The molecule has 0 spiro atoms. The molecule has 0 fully saturated rings. The van der Waals surface area contributed by atoms with Gasteiger partial charge in [-0.25, -0.2) is 0 Å². The number of anilines is 2. The molecular weight excluding hydrogens is 256 g/mol. The minimum atomic E-state index is 0.0222. The first kappa shape index (κ1) is 14.5. The Morgan fingerprint density at radius 1 is 1.35 bits per heavy atom. The number of rotatable bonds is 7. The first-order chi connectivity index (χ1) is 9.72. The zero-order valence-electron chi connectivity index (χ0n) is 11.8. The van der Waals surface area contributed by atoms with Crippen LogP contribution in [-0.2, 0) is 6.42 Å². The summed E-state index contributed by atoms with van der Waals surface area (Å²) < 4.78 is 5.53. The molecule has 0 saturated carbocycles. The van der Waals surface area contributed by atoms with Gasteiger partial charge in [0, 0.05) is 12.3 Å². The van der Waals surface area contributed by atoms with Crippen molar-refractivity contribution in [2.24, 2.45) is 0 Å². The molecule has 1 atom stereocenters. The molecule has 1 heterocycles. The van der Waals surface area contributed by atoms with Crippen molar-refractivity contribution in [1.82, 2.24) is 15.5 Å². The largest absolute Gasteiger partial charge is 0.406 e. The number of hydrogen-bond acceptors (Lipinski definition) is 6. The summed E-state index contributed by atoms with van der Waals surface area (Å²) in [6.07, 6.45) is 1.60. The predicted octanol–water partition coefficient (Wildman–Crippen LogP) is 2.02. The molecule has 6 nitrogen and oxygen atoms in total. The zero-order valence-corrected chi connectivity index (χ0v) is 11.8. The van der Waals surface area contributed by atoms with E-state index in [1.165, 1.54) is 0 Å². The Hall–Kier alpha value is -1.92. The van der Waals surface area contributed by atoms with E-state index in [0.717, 1.165) is 24.1 Å². The maximum atomic E-state index is 8.86. The van der Waals surface area contributed by atoms with Gasteiger partial charge in [0.15, 0.2) is 0 Å². The van der Waals surface area contributed by atoms with E-state index in [-0.39, 0.29) is 12.6 Å². The smallest absolute Gasteiger partial charge is 0.320 e. The highest BCUT2D eigenvalue weighted by atomic mass is 16.4. The summed E-state index contributed by atoms with van der Waals surface area (Å²) in [5, 5.41) is 22.9. The predicted molar refractivity (Wildman–Crippen MR) is 76.9 cm³/mol. The van der Waals surface area contributed by atoms with Crippen LogP contribution in [0.1, 0.15) is 30.8 Å². The molecule has 2 aromatic rings. The number of aliphatic hydroxyl groups is 1. The maximum Gasteiger partial charge on any atom is 0.320 e. The third-order valence-corrected chi connectivity index (χ3v) is 3.05. The quantitative estimate of drug-likeness (QED) is 0.717. The van der Waals surface area contributed by atoms with E-state index in [1.54, 1.807) is 0 Å². The third-order valence-electron chi connectivity index (χ3n) is 3.05. The lowest BCUT2D eigenvalue weighted by Gasteiger charge is -2.05. The van der Waals surface area contributed by atoms with Crippen LogP contribution in [0.25, 0.3) is 0 Å². The molecule has 1 aromatic heterocycles. The number of benzene rings is 1. The number of aromatic nitrogens is 2. The van der Waals surface area contributed by atoms with Crippen molar-refractivity contribution < 1.29 is 9.52 Å². The molecule has 108 valence electrons. The summed E-state index contributed by atoms with van der Waals surface area (Å²) in [6.45, 7) is 2.15. The van der Waals surface area contributed by atoms with Gasteiger partial charge in [-0.15, -0.1) is 5.10 Å². The fourth-order valence-corrected chi connectivity index (χ4v) is 1.79. The van der Waals surface area contributed by atoms with Gasteiger partial charge in [0.2, 0.25) is 5.89 Å². The van der Waals surface area contributed by atoms with Crippen molar-refractivity contribution >= 4 is 11.7 Å². The van der Waals surface area contributed by atoms with E-state index in [2.05, 4.69) is 20.8 Å². The van der Waals surface area contributed by atoms with Crippen LogP contribution in [0.5, 0.6) is 0 Å². The molecule has 0 aliphatic carbocycles. The Morgan fingerprint density at radius 3 is 2.95 bits per heavy atom. The Labute approximate surface area is 118 Å². The van der Waals surface area contributed by atoms with Gasteiger partial charge in [-0.1, -0.05) is 17.2 Å². The molecule has 0 radical (unpaired) electrons. The maximum absolute atomic E-state index is 8.86. The van der Waals surface area contributed by atoms with E-state index in [4.69, 9.17) is 9.52 Å². The van der Waals surface area contributed by atoms with Crippen LogP contribution < -0.4 is 10.6 Å². The van der Waals surface area contributed by atoms with Crippen molar-refractivity contribution in [3.05, 3.63) is 35.7 Å². The van der Waals surface area contributed by atoms with Gasteiger partial charge >= 0.3 is 6.01 Å². The van der Waals surface area contributed by atoms with Crippen LogP contribution in [0.3, 0.4) is 0 Å². The molecule has 2 rings (SSSR count). The van der Waals surface area contributed by atoms with Gasteiger partial charge in [0.1, 0.15) is 0 Å². The van der Waals surface area contributed by atoms with Gasteiger partial charge < -0.3 is 20.2 Å². The van der Waals surface area contributed by atoms with Crippen LogP contribution in [0.15, 0.2) is 28.7 Å². The summed E-state index contributed by atoms with van der Waals surface area (Å²) in [7, 11) is 1.84. The number of aliphatic hydroxyl groups excluding tert-OH is 1. The Morgan fingerprint density at radius 2 is 2.20 bits per heavy atom. The number of aryl methyl sites for hydroxylation is 1. The Bertz CT molecular complexity index is 541. The normalized spacial score (nSPS) is 12.3. The molecule has 1 aromatic carbocycles. The number of nitrogens with one attached hydrogen (secondary N) is 2. The monoisotopic (exact) mass is 276 g/mol. The van der Waals surface area contributed by atoms with E-state index in [1.807, 2.05) is 38.2 Å². The second-order valence-electron chi connectivity index (χ2n) is 4.61. The molecule has 0 aliphatic heterocycles. The van der Waals surface area contributed by atoms with E-state index in [9.17, 15) is 0 Å². The Kier molecular flexibility index (Phi) is 5.09. The highest BCUT2D eigenvalue weighted by Gasteiger charge is 2.11. The summed E-state index contributed by atoms with van der Waals surface area (Å²) >= 11 is 0. The molecule has 3 N–H and O–H groups in total. The lowest BCUT2D eigenvalue weighted by Crippen LogP contribution is -2.12.